The van der Waals surface area contributed by atoms with Crippen LogP contribution in [0.5, 0.6) is 0 Å². The number of carbonyl (C=O) groups is 2. The minimum atomic E-state index is -1.07. The lowest BCUT2D eigenvalue weighted by molar-refractivity contribution is -0.139. The number of rotatable bonds is 6. The number of aromatic nitrogens is 1. The Labute approximate surface area is 151 Å². The third-order valence-electron chi connectivity index (χ3n) is 4.40. The smallest absolute Gasteiger partial charge is 0.326 e. The van der Waals surface area contributed by atoms with E-state index in [0.717, 1.165) is 27.6 Å². The molecule has 0 fully saturated rings. The molecule has 3 rings (SSSR count). The molecule has 0 radical (unpaired) electrons. The first-order valence-electron chi connectivity index (χ1n) is 8.41. The number of hydrogen-bond acceptors (Lipinski definition) is 2. The van der Waals surface area contributed by atoms with E-state index in [1.807, 2.05) is 55.5 Å². The van der Waals surface area contributed by atoms with Crippen molar-refractivity contribution in [2.45, 2.75) is 25.9 Å². The van der Waals surface area contributed by atoms with E-state index in [9.17, 15) is 14.7 Å². The number of H-pyrrole nitrogens is 1. The van der Waals surface area contributed by atoms with Gasteiger partial charge in [-0.15, -0.1) is 0 Å². The Kier molecular flexibility index (Phi) is 5.22. The summed E-state index contributed by atoms with van der Waals surface area (Å²) in [7, 11) is 0. The Morgan fingerprint density at radius 3 is 2.58 bits per heavy atom. The molecule has 2 amide bonds. The zero-order valence-electron chi connectivity index (χ0n) is 14.5. The number of urea groups is 1. The first kappa shape index (κ1) is 17.5. The lowest BCUT2D eigenvalue weighted by Crippen LogP contribution is -2.46. The SMILES string of the molecule is Cc1ccccc1CNC(=O)N[C@@H](Cc1c[nH]c2ccccc12)C(=O)O. The predicted molar refractivity (Wildman–Crippen MR) is 100.0 cm³/mol. The number of nitrogens with one attached hydrogen (secondary N) is 3. The van der Waals surface area contributed by atoms with Crippen LogP contribution in [0, 0.1) is 6.92 Å². The van der Waals surface area contributed by atoms with Crippen molar-refractivity contribution in [3.63, 3.8) is 0 Å². The van der Waals surface area contributed by atoms with Gasteiger partial charge in [-0.2, -0.15) is 0 Å². The van der Waals surface area contributed by atoms with Crippen LogP contribution in [0.15, 0.2) is 54.7 Å². The number of para-hydroxylation sites is 1. The van der Waals surface area contributed by atoms with Crippen LogP contribution in [0.3, 0.4) is 0 Å². The molecule has 26 heavy (non-hydrogen) atoms. The van der Waals surface area contributed by atoms with Gasteiger partial charge in [0.2, 0.25) is 0 Å². The third-order valence-corrected chi connectivity index (χ3v) is 4.40. The minimum absolute atomic E-state index is 0.205. The van der Waals surface area contributed by atoms with E-state index in [1.165, 1.54) is 0 Å². The van der Waals surface area contributed by atoms with E-state index in [1.54, 1.807) is 6.20 Å². The molecule has 3 aromatic rings. The summed E-state index contributed by atoms with van der Waals surface area (Å²) in [5.41, 5.74) is 3.86. The maximum absolute atomic E-state index is 12.1. The molecule has 6 heteroatoms. The van der Waals surface area contributed by atoms with Crippen molar-refractivity contribution in [3.05, 3.63) is 71.4 Å². The Morgan fingerprint density at radius 2 is 1.81 bits per heavy atom. The number of carboxylic acids is 1. The first-order valence-corrected chi connectivity index (χ1v) is 8.41. The normalized spacial score (nSPS) is 11.9. The van der Waals surface area contributed by atoms with Gasteiger partial charge in [-0.25, -0.2) is 9.59 Å². The summed E-state index contributed by atoms with van der Waals surface area (Å²) in [6, 6.07) is 13.9. The topological polar surface area (TPSA) is 94.2 Å². The highest BCUT2D eigenvalue weighted by Gasteiger charge is 2.21. The van der Waals surface area contributed by atoms with Gasteiger partial charge in [-0.05, 0) is 29.7 Å². The average Bonchev–Trinajstić information content (AvgIpc) is 3.03. The Bertz CT molecular complexity index is 933. The zero-order valence-corrected chi connectivity index (χ0v) is 14.5. The van der Waals surface area contributed by atoms with Crippen molar-refractivity contribution in [2.75, 3.05) is 0 Å². The second-order valence-electron chi connectivity index (χ2n) is 6.21. The molecule has 0 aliphatic heterocycles. The molecule has 0 saturated heterocycles. The standard InChI is InChI=1S/C20H21N3O3/c1-13-6-2-3-7-14(13)11-22-20(26)23-18(19(24)25)10-15-12-21-17-9-5-4-8-16(15)17/h2-9,12,18,21H,10-11H2,1H3,(H,24,25)(H2,22,23,26)/t18-/m0/s1. The van der Waals surface area contributed by atoms with E-state index in [2.05, 4.69) is 15.6 Å². The Hall–Kier alpha value is -3.28. The summed E-state index contributed by atoms with van der Waals surface area (Å²) in [5.74, 6) is -1.07. The van der Waals surface area contributed by atoms with E-state index < -0.39 is 18.0 Å². The number of aliphatic carboxylic acids is 1. The number of benzene rings is 2. The molecule has 0 saturated carbocycles. The number of hydrogen-bond donors (Lipinski definition) is 4. The summed E-state index contributed by atoms with van der Waals surface area (Å²) in [6.07, 6.45) is 1.99. The van der Waals surface area contributed by atoms with Gasteiger partial charge in [0, 0.05) is 30.1 Å². The van der Waals surface area contributed by atoms with E-state index in [0.29, 0.717) is 6.54 Å². The highest BCUT2D eigenvalue weighted by Crippen LogP contribution is 2.19. The largest absolute Gasteiger partial charge is 0.480 e. The number of carboxylic acid groups (broad SMARTS) is 1. The van der Waals surface area contributed by atoms with Crippen LogP contribution >= 0.6 is 0 Å². The number of amides is 2. The maximum atomic E-state index is 12.1. The summed E-state index contributed by atoms with van der Waals surface area (Å²) >= 11 is 0. The lowest BCUT2D eigenvalue weighted by Gasteiger charge is -2.15. The van der Waals surface area contributed by atoms with Gasteiger partial charge < -0.3 is 20.7 Å². The van der Waals surface area contributed by atoms with Crippen molar-refractivity contribution in [1.82, 2.24) is 15.6 Å². The minimum Gasteiger partial charge on any atom is -0.480 e. The summed E-state index contributed by atoms with van der Waals surface area (Å²) in [6.45, 7) is 2.31. The Morgan fingerprint density at radius 1 is 1.08 bits per heavy atom. The second kappa shape index (κ2) is 7.74. The molecule has 6 nitrogen and oxygen atoms in total. The summed E-state index contributed by atoms with van der Waals surface area (Å²) < 4.78 is 0. The van der Waals surface area contributed by atoms with E-state index >= 15 is 0 Å². The predicted octanol–water partition coefficient (Wildman–Crippen LogP) is 2.97. The van der Waals surface area contributed by atoms with Gasteiger partial charge in [0.25, 0.3) is 0 Å². The second-order valence-corrected chi connectivity index (χ2v) is 6.21. The highest BCUT2D eigenvalue weighted by molar-refractivity contribution is 5.86. The number of carbonyl (C=O) groups excluding carboxylic acids is 1. The molecule has 2 aromatic carbocycles. The first-order chi connectivity index (χ1) is 12.5. The molecule has 0 spiro atoms. The molecule has 134 valence electrons. The van der Waals surface area contributed by atoms with Crippen LogP contribution in [0.1, 0.15) is 16.7 Å². The molecule has 1 heterocycles. The molecule has 1 atom stereocenters. The van der Waals surface area contributed by atoms with Crippen LogP contribution in [-0.2, 0) is 17.8 Å². The fourth-order valence-corrected chi connectivity index (χ4v) is 2.91. The molecule has 1 aromatic heterocycles. The molecular weight excluding hydrogens is 330 g/mol. The third kappa shape index (κ3) is 4.03. The lowest BCUT2D eigenvalue weighted by atomic mass is 10.1. The highest BCUT2D eigenvalue weighted by atomic mass is 16.4. The van der Waals surface area contributed by atoms with Gasteiger partial charge >= 0.3 is 12.0 Å². The van der Waals surface area contributed by atoms with Gasteiger partial charge in [-0.3, -0.25) is 0 Å². The van der Waals surface area contributed by atoms with Crippen LogP contribution < -0.4 is 10.6 Å². The molecule has 4 N–H and O–H groups in total. The quantitative estimate of drug-likeness (QED) is 0.550. The van der Waals surface area contributed by atoms with Crippen LogP contribution in [0.2, 0.25) is 0 Å². The molecule has 0 aliphatic carbocycles. The molecular formula is C20H21N3O3. The monoisotopic (exact) mass is 351 g/mol. The van der Waals surface area contributed by atoms with Crippen LogP contribution in [0.4, 0.5) is 4.79 Å². The number of fused-ring (bicyclic) bond motifs is 1. The van der Waals surface area contributed by atoms with Gasteiger partial charge in [-0.1, -0.05) is 42.5 Å². The molecule has 0 unspecified atom stereocenters. The van der Waals surface area contributed by atoms with Crippen LogP contribution in [-0.4, -0.2) is 28.1 Å². The van der Waals surface area contributed by atoms with Crippen molar-refractivity contribution < 1.29 is 14.7 Å². The average molecular weight is 351 g/mol. The van der Waals surface area contributed by atoms with E-state index in [-0.39, 0.29) is 6.42 Å². The van der Waals surface area contributed by atoms with E-state index in [4.69, 9.17) is 0 Å². The van der Waals surface area contributed by atoms with Crippen molar-refractivity contribution in [3.8, 4) is 0 Å². The van der Waals surface area contributed by atoms with Crippen LogP contribution in [0.25, 0.3) is 10.9 Å². The summed E-state index contributed by atoms with van der Waals surface area (Å²) in [4.78, 5) is 26.8. The molecule has 0 aliphatic rings. The fraction of sp³-hybridized carbons (Fsp3) is 0.200. The fourth-order valence-electron chi connectivity index (χ4n) is 2.91. The summed E-state index contributed by atoms with van der Waals surface area (Å²) in [5, 5.41) is 15.7. The number of aryl methyl sites for hydroxylation is 1. The number of aromatic amines is 1. The maximum Gasteiger partial charge on any atom is 0.326 e. The van der Waals surface area contributed by atoms with Crippen molar-refractivity contribution >= 4 is 22.9 Å². The zero-order chi connectivity index (χ0) is 18.5. The molecule has 0 bridgehead atoms. The Balaban J connectivity index is 1.64. The van der Waals surface area contributed by atoms with Crippen molar-refractivity contribution in [1.29, 1.82) is 0 Å². The van der Waals surface area contributed by atoms with Gasteiger partial charge in [0.15, 0.2) is 0 Å². The van der Waals surface area contributed by atoms with Gasteiger partial charge in [0.05, 0.1) is 0 Å². The van der Waals surface area contributed by atoms with Gasteiger partial charge in [0.1, 0.15) is 6.04 Å². The van der Waals surface area contributed by atoms with Crippen molar-refractivity contribution in [2.24, 2.45) is 0 Å².